The molecule has 20 nitrogen and oxygen atoms in total. The van der Waals surface area contributed by atoms with Crippen LogP contribution in [0, 0.1) is 0 Å². The first-order chi connectivity index (χ1) is 52.7. The van der Waals surface area contributed by atoms with Crippen molar-refractivity contribution >= 4 is 35.8 Å². The first-order valence-electron chi connectivity index (χ1n) is 34.6. The second-order valence-corrected chi connectivity index (χ2v) is 26.7. The van der Waals surface area contributed by atoms with Crippen molar-refractivity contribution in [2.75, 3.05) is 27.2 Å². The van der Waals surface area contributed by atoms with Gasteiger partial charge in [0.25, 0.3) is 0 Å². The summed E-state index contributed by atoms with van der Waals surface area (Å²) in [6.07, 6.45) is 5.38. The summed E-state index contributed by atoms with van der Waals surface area (Å²) < 4.78 is 54.8. The van der Waals surface area contributed by atoms with Crippen molar-refractivity contribution in [2.45, 2.75) is 70.0 Å². The normalized spacial score (nSPS) is 13.9. The average molecular weight is 1470 g/mol. The number of ether oxygens (including phenoxy) is 10. The number of hydrogen-bond acceptors (Lipinski definition) is 20. The van der Waals surface area contributed by atoms with Gasteiger partial charge in [-0.25, -0.2) is 28.8 Å². The van der Waals surface area contributed by atoms with E-state index in [9.17, 15) is 28.8 Å². The fourth-order valence-corrected chi connectivity index (χ4v) is 13.3. The molecule has 20 heteroatoms. The third-order valence-corrected chi connectivity index (χ3v) is 18.6. The fourth-order valence-electron chi connectivity index (χ4n) is 13.3. The monoisotopic (exact) mass is 1460 g/mol. The maximum absolute atomic E-state index is 14.7. The third kappa shape index (κ3) is 18.3. The molecule has 0 saturated heterocycles. The molecule has 0 amide bonds. The number of rotatable bonds is 32. The molecule has 0 aromatic heterocycles. The summed E-state index contributed by atoms with van der Waals surface area (Å²) in [6.45, 7) is 21.2. The lowest BCUT2D eigenvalue weighted by atomic mass is 9.72. The zero-order chi connectivity index (χ0) is 76.7. The van der Waals surface area contributed by atoms with Gasteiger partial charge in [-0.05, 0) is 199 Å². The molecular formula is C89H76O20. The van der Waals surface area contributed by atoms with E-state index in [4.69, 9.17) is 66.9 Å². The Kier molecular flexibility index (Phi) is 23.4. The van der Waals surface area contributed by atoms with E-state index in [1.807, 2.05) is 121 Å². The molecule has 0 bridgehead atoms. The van der Waals surface area contributed by atoms with E-state index in [0.29, 0.717) is 35.8 Å². The first-order valence-corrected chi connectivity index (χ1v) is 34.6. The Morgan fingerprint density at radius 2 is 0.560 bits per heavy atom. The Balaban J connectivity index is 0.841. The Hall–Kier alpha value is -13.3. The predicted octanol–water partition coefficient (Wildman–Crippen LogP) is 17.7. The molecule has 2 aliphatic rings. The third-order valence-electron chi connectivity index (χ3n) is 18.6. The highest BCUT2D eigenvalue weighted by Crippen LogP contribution is 2.65. The number of carbonyl (C=O) groups excluding carboxylic acids is 6. The van der Waals surface area contributed by atoms with Gasteiger partial charge in [0.05, 0.1) is 11.1 Å². The highest BCUT2D eigenvalue weighted by atomic mass is 17.2. The molecule has 12 rings (SSSR count). The lowest BCUT2D eigenvalue weighted by Gasteiger charge is -2.30. The van der Waals surface area contributed by atoms with Gasteiger partial charge in [-0.3, -0.25) is 0 Å². The molecule has 0 N–H and O–H groups in total. The fraction of sp³-hybridized carbons (Fsp3) is 0.169. The predicted molar refractivity (Wildman–Crippen MR) is 404 cm³/mol. The summed E-state index contributed by atoms with van der Waals surface area (Å²) in [5.74, 6) is -1.30. The molecule has 0 saturated carbocycles. The SMILES string of the molecule is C=CC(=O)OCOc1ccc(-c2ccc(COOc3cc4c(cc3OOCc3ccc(-c5ccc(OCOC(=O)C=C)cc5)cc3)C3(CC4(C)C)CC(C)(C)c4cc(OC(=O)c5ccc(-c6ccc(OCOC(=O)C=C)cc6)cc5)c(OC(=O)c5ccc(-c6ccc(OCOC(=O)C=C)cc6)cc5)cc43)cc2)cc1. The summed E-state index contributed by atoms with van der Waals surface area (Å²) in [5.41, 5.74) is 10.7. The molecule has 1 atom stereocenters. The summed E-state index contributed by atoms with van der Waals surface area (Å²) in [5, 5.41) is 0. The Morgan fingerprint density at radius 1 is 0.321 bits per heavy atom. The zero-order valence-corrected chi connectivity index (χ0v) is 60.2. The highest BCUT2D eigenvalue weighted by molar-refractivity contribution is 5.94. The Bertz CT molecular complexity index is 5010. The van der Waals surface area contributed by atoms with Gasteiger partial charge in [0.1, 0.15) is 36.2 Å². The highest BCUT2D eigenvalue weighted by Gasteiger charge is 2.57. The van der Waals surface area contributed by atoms with Gasteiger partial charge < -0.3 is 57.1 Å². The summed E-state index contributed by atoms with van der Waals surface area (Å²) in [4.78, 5) is 100. The van der Waals surface area contributed by atoms with Crippen molar-refractivity contribution in [3.05, 3.63) is 314 Å². The minimum Gasteiger partial charge on any atom is -0.457 e. The molecule has 1 unspecified atom stereocenters. The van der Waals surface area contributed by atoms with Crippen LogP contribution >= 0.6 is 0 Å². The van der Waals surface area contributed by atoms with Crippen molar-refractivity contribution in [1.29, 1.82) is 0 Å². The van der Waals surface area contributed by atoms with E-state index in [2.05, 4.69) is 54.0 Å². The summed E-state index contributed by atoms with van der Waals surface area (Å²) in [7, 11) is 0. The van der Waals surface area contributed by atoms with E-state index in [-0.39, 0.29) is 74.5 Å². The smallest absolute Gasteiger partial charge is 0.343 e. The van der Waals surface area contributed by atoms with Crippen LogP contribution in [-0.4, -0.2) is 63.0 Å². The lowest BCUT2D eigenvalue weighted by molar-refractivity contribution is -0.239. The average Bonchev–Trinajstić information content (AvgIpc) is 1.52. The Labute approximate surface area is 629 Å². The molecule has 109 heavy (non-hydrogen) atoms. The molecule has 10 aromatic rings. The lowest BCUT2D eigenvalue weighted by Crippen LogP contribution is -2.27. The van der Waals surface area contributed by atoms with E-state index < -0.39 is 52.1 Å². The second-order valence-electron chi connectivity index (χ2n) is 26.7. The number of benzene rings is 10. The van der Waals surface area contributed by atoms with Gasteiger partial charge in [0.2, 0.25) is 38.7 Å². The van der Waals surface area contributed by atoms with Crippen LogP contribution in [0.4, 0.5) is 0 Å². The van der Waals surface area contributed by atoms with E-state index in [1.54, 1.807) is 97.1 Å². The molecule has 2 aliphatic carbocycles. The van der Waals surface area contributed by atoms with Crippen LogP contribution in [0.5, 0.6) is 46.0 Å². The van der Waals surface area contributed by atoms with Crippen molar-refractivity contribution in [3.8, 4) is 90.5 Å². The Morgan fingerprint density at radius 3 is 0.835 bits per heavy atom. The largest absolute Gasteiger partial charge is 0.457 e. The quantitative estimate of drug-likeness (QED) is 0.00725. The van der Waals surface area contributed by atoms with Crippen LogP contribution in [0.2, 0.25) is 0 Å². The van der Waals surface area contributed by atoms with Crippen LogP contribution in [0.15, 0.2) is 269 Å². The maximum Gasteiger partial charge on any atom is 0.343 e. The van der Waals surface area contributed by atoms with Gasteiger partial charge in [-0.15, -0.1) is 0 Å². The standard InChI is InChI=1S/C89H76O20/c1-9-81(90)100-53-96-69-37-29-63(30-38-69)59-17-13-57(14-18-59)49-104-108-79-46-74-76(48-80(79)109-105-50-58-15-19-60(20-16-58)64-31-39-70(40-32-64)97-54-101-82(91)10-2)89(52-88(74,7)8)51-87(5,6)73-45-77(106-85(94)67-25-21-61(22-26-67)65-33-41-71(42-34-65)98-55-102-83(92)11-3)78(47-75(73)89)107-86(95)68-27-23-62(24-28-68)66-35-43-72(44-36-66)99-56-103-84(93)12-4/h9-48H,1-4,49-56H2,5-8H3. The topological polar surface area (TPSA) is 232 Å². The van der Waals surface area contributed by atoms with Crippen molar-refractivity contribution in [2.24, 2.45) is 0 Å². The van der Waals surface area contributed by atoms with E-state index in [1.165, 1.54) is 0 Å². The molecule has 1 spiro atoms. The summed E-state index contributed by atoms with van der Waals surface area (Å²) in [6, 6.07) is 65.9. The minimum atomic E-state index is -0.774. The minimum absolute atomic E-state index is 0.00671. The van der Waals surface area contributed by atoms with Gasteiger partial charge in [0, 0.05) is 29.7 Å². The van der Waals surface area contributed by atoms with Gasteiger partial charge >= 0.3 is 35.8 Å². The van der Waals surface area contributed by atoms with E-state index in [0.717, 1.165) is 102 Å². The van der Waals surface area contributed by atoms with Crippen LogP contribution < -0.4 is 38.2 Å². The van der Waals surface area contributed by atoms with Crippen LogP contribution in [0.3, 0.4) is 0 Å². The number of esters is 6. The van der Waals surface area contributed by atoms with E-state index >= 15 is 0 Å². The maximum atomic E-state index is 14.7. The van der Waals surface area contributed by atoms with Crippen LogP contribution in [0.25, 0.3) is 44.5 Å². The van der Waals surface area contributed by atoms with Crippen molar-refractivity contribution in [1.82, 2.24) is 0 Å². The van der Waals surface area contributed by atoms with Gasteiger partial charge in [-0.1, -0.05) is 175 Å². The zero-order valence-electron chi connectivity index (χ0n) is 60.2. The number of hydrogen-bond donors (Lipinski definition) is 0. The number of fused-ring (bicyclic) bond motifs is 4. The van der Waals surface area contributed by atoms with Crippen molar-refractivity contribution in [3.63, 3.8) is 0 Å². The molecule has 0 fully saturated rings. The second kappa shape index (κ2) is 33.9. The van der Waals surface area contributed by atoms with Gasteiger partial charge in [-0.2, -0.15) is 9.78 Å². The first kappa shape index (κ1) is 75.4. The molecule has 0 heterocycles. The van der Waals surface area contributed by atoms with Crippen molar-refractivity contribution < 1.29 is 95.7 Å². The van der Waals surface area contributed by atoms with Crippen LogP contribution in [0.1, 0.15) is 94.6 Å². The van der Waals surface area contributed by atoms with Gasteiger partial charge in [0.15, 0.2) is 11.5 Å². The molecule has 0 aliphatic heterocycles. The molecule has 552 valence electrons. The summed E-state index contributed by atoms with van der Waals surface area (Å²) >= 11 is 0. The number of carbonyl (C=O) groups is 6. The molecular weight excluding hydrogens is 1390 g/mol. The molecule has 0 radical (unpaired) electrons. The molecule has 10 aromatic carbocycles. The van der Waals surface area contributed by atoms with Crippen LogP contribution in [-0.2, 0) is 77.4 Å².